The third kappa shape index (κ3) is 6.24. The van der Waals surface area contributed by atoms with Gasteiger partial charge in [-0.25, -0.2) is 13.1 Å². The summed E-state index contributed by atoms with van der Waals surface area (Å²) in [6, 6.07) is 6.27. The Balaban J connectivity index is 1.62. The van der Waals surface area contributed by atoms with Crippen LogP contribution in [0.15, 0.2) is 24.3 Å². The van der Waals surface area contributed by atoms with Crippen molar-refractivity contribution in [3.63, 3.8) is 0 Å². The second-order valence-corrected chi connectivity index (χ2v) is 11.2. The number of hydrogen-bond acceptors (Lipinski definition) is 9. The molecule has 0 unspecified atom stereocenters. The molecule has 4 N–H and O–H groups in total. The Bertz CT molecular complexity index is 1050. The minimum absolute atomic E-state index is 0.0827. The molecule has 0 spiro atoms. The predicted octanol–water partition coefficient (Wildman–Crippen LogP) is 4.91. The van der Waals surface area contributed by atoms with Crippen molar-refractivity contribution in [2.75, 3.05) is 47.5 Å². The molecule has 1 aromatic heterocycles. The Hall–Kier alpha value is -2.50. The van der Waals surface area contributed by atoms with Gasteiger partial charge < -0.3 is 26.0 Å². The Labute approximate surface area is 215 Å². The first-order valence-electron chi connectivity index (χ1n) is 12.4. The molecule has 2 aliphatic heterocycles. The predicted molar refractivity (Wildman–Crippen MR) is 143 cm³/mol. The lowest BCUT2D eigenvalue weighted by molar-refractivity contribution is 0.00645. The highest BCUT2D eigenvalue weighted by molar-refractivity contribution is 7.97. The van der Waals surface area contributed by atoms with Crippen LogP contribution < -0.4 is 15.5 Å². The fourth-order valence-corrected chi connectivity index (χ4v) is 5.61. The second-order valence-electron chi connectivity index (χ2n) is 9.85. The van der Waals surface area contributed by atoms with Crippen LogP contribution in [0.25, 0.3) is 0 Å². The van der Waals surface area contributed by atoms with Gasteiger partial charge in [-0.3, -0.25) is 0 Å². The van der Waals surface area contributed by atoms with Gasteiger partial charge >= 0.3 is 0 Å². The molecule has 1 aromatic carbocycles. The van der Waals surface area contributed by atoms with Crippen LogP contribution in [-0.2, 0) is 0 Å². The number of nitrogens with zero attached hydrogens (tertiary/aromatic N) is 4. The average Bonchev–Trinajstić information content (AvgIpc) is 2.82. The van der Waals surface area contributed by atoms with Crippen molar-refractivity contribution in [1.82, 2.24) is 14.3 Å². The molecule has 0 aliphatic carbocycles. The number of aromatic nitrogens is 2. The van der Waals surface area contributed by atoms with E-state index in [-0.39, 0.29) is 17.5 Å². The maximum atomic E-state index is 13.3. The number of piperidine rings is 1. The van der Waals surface area contributed by atoms with Gasteiger partial charge in [0.2, 0.25) is 5.95 Å². The van der Waals surface area contributed by atoms with Gasteiger partial charge in [0.1, 0.15) is 11.6 Å². The van der Waals surface area contributed by atoms with Crippen molar-refractivity contribution < 1.29 is 13.9 Å². The van der Waals surface area contributed by atoms with E-state index in [0.717, 1.165) is 31.7 Å². The first-order valence-corrected chi connectivity index (χ1v) is 13.3. The highest BCUT2D eigenvalue weighted by Gasteiger charge is 2.33. The summed E-state index contributed by atoms with van der Waals surface area (Å²) in [4.78, 5) is 11.6. The van der Waals surface area contributed by atoms with E-state index >= 15 is 0 Å². The average molecular weight is 520 g/mol. The van der Waals surface area contributed by atoms with Gasteiger partial charge in [0, 0.05) is 49.4 Å². The van der Waals surface area contributed by atoms with E-state index in [1.807, 2.05) is 13.8 Å². The van der Waals surface area contributed by atoms with Crippen LogP contribution in [0.4, 0.5) is 32.1 Å². The highest BCUT2D eigenvalue weighted by Crippen LogP contribution is 2.34. The normalized spacial score (nSPS) is 17.8. The molecule has 0 bridgehead atoms. The molecule has 2 fully saturated rings. The summed E-state index contributed by atoms with van der Waals surface area (Å²) in [5.74, 6) is 2.67. The van der Waals surface area contributed by atoms with E-state index in [1.54, 1.807) is 24.1 Å². The third-order valence-corrected chi connectivity index (χ3v) is 7.68. The number of nitrogens with one attached hydrogen (secondary N) is 3. The molecule has 8 nitrogen and oxygen atoms in total. The fourth-order valence-electron chi connectivity index (χ4n) is 4.68. The van der Waals surface area contributed by atoms with Crippen molar-refractivity contribution >= 4 is 41.4 Å². The maximum absolute atomic E-state index is 13.3. The second kappa shape index (κ2) is 11.3. The van der Waals surface area contributed by atoms with Crippen LogP contribution in [0.2, 0.25) is 0 Å². The number of anilines is 4. The van der Waals surface area contributed by atoms with Crippen molar-refractivity contribution in [1.29, 1.82) is 5.41 Å². The number of benzene rings is 1. The number of aliphatic hydroxyl groups is 1. The van der Waals surface area contributed by atoms with Crippen LogP contribution in [0, 0.1) is 11.3 Å². The molecule has 0 saturated carbocycles. The summed E-state index contributed by atoms with van der Waals surface area (Å²) in [5.41, 5.74) is 0.146. The molecule has 2 saturated heterocycles. The molecule has 196 valence electrons. The van der Waals surface area contributed by atoms with E-state index in [1.165, 1.54) is 18.3 Å². The molecule has 2 aliphatic rings. The van der Waals surface area contributed by atoms with E-state index in [9.17, 15) is 13.9 Å². The van der Waals surface area contributed by atoms with Gasteiger partial charge in [-0.15, -0.1) is 0 Å². The smallest absolute Gasteiger partial charge is 0.263 e. The Kier molecular flexibility index (Phi) is 8.31. The molecular formula is C25H35F2N7OS. The topological polar surface area (TPSA) is 100 Å². The SMILES string of the molecule is CCSN1CC(Nc2nc(Nc3cccc(C(F)F)c3)c(C=N)c(N3CCC(C(C)(C)O)CC3)n2)C1. The van der Waals surface area contributed by atoms with E-state index in [4.69, 9.17) is 10.4 Å². The summed E-state index contributed by atoms with van der Waals surface area (Å²) in [5, 5.41) is 25.1. The molecule has 11 heteroatoms. The Morgan fingerprint density at radius 2 is 1.97 bits per heavy atom. The van der Waals surface area contributed by atoms with Gasteiger partial charge in [-0.05, 0) is 44.7 Å². The maximum Gasteiger partial charge on any atom is 0.263 e. The summed E-state index contributed by atoms with van der Waals surface area (Å²) in [6.07, 6.45) is 0.243. The summed E-state index contributed by atoms with van der Waals surface area (Å²) in [7, 11) is 0. The van der Waals surface area contributed by atoms with Crippen LogP contribution >= 0.6 is 11.9 Å². The molecule has 36 heavy (non-hydrogen) atoms. The standard InChI is InChI=1S/C25H35F2N7OS/c1-4-36-34-14-19(15-34)30-24-31-22(29-18-7-5-6-16(12-18)21(26)27)20(13-28)23(32-24)33-10-8-17(9-11-33)25(2,3)35/h5-7,12-13,17,19,21,28,35H,4,8-11,14-15H2,1-3H3,(H2,29,30,31,32). The lowest BCUT2D eigenvalue weighted by Gasteiger charge is -2.39. The lowest BCUT2D eigenvalue weighted by atomic mass is 9.83. The summed E-state index contributed by atoms with van der Waals surface area (Å²) in [6.45, 7) is 8.94. The minimum Gasteiger partial charge on any atom is -0.390 e. The lowest BCUT2D eigenvalue weighted by Crippen LogP contribution is -2.51. The monoisotopic (exact) mass is 519 g/mol. The van der Waals surface area contributed by atoms with E-state index in [2.05, 4.69) is 31.7 Å². The zero-order valence-electron chi connectivity index (χ0n) is 21.0. The molecule has 0 radical (unpaired) electrons. The van der Waals surface area contributed by atoms with E-state index < -0.39 is 12.0 Å². The quantitative estimate of drug-likeness (QED) is 0.260. The first-order chi connectivity index (χ1) is 17.2. The van der Waals surface area contributed by atoms with Crippen LogP contribution in [0.5, 0.6) is 0 Å². The van der Waals surface area contributed by atoms with E-state index in [0.29, 0.717) is 41.9 Å². The highest BCUT2D eigenvalue weighted by atomic mass is 32.2. The Morgan fingerprint density at radius 1 is 1.25 bits per heavy atom. The number of rotatable bonds is 10. The van der Waals surface area contributed by atoms with Crippen LogP contribution in [-0.4, -0.2) is 69.2 Å². The van der Waals surface area contributed by atoms with Crippen molar-refractivity contribution in [2.45, 2.75) is 51.7 Å². The third-order valence-electron chi connectivity index (χ3n) is 6.76. The minimum atomic E-state index is -2.58. The zero-order valence-corrected chi connectivity index (χ0v) is 21.8. The molecule has 3 heterocycles. The van der Waals surface area contributed by atoms with Crippen molar-refractivity contribution in [3.05, 3.63) is 35.4 Å². The largest absolute Gasteiger partial charge is 0.390 e. The van der Waals surface area contributed by atoms with Crippen molar-refractivity contribution in [2.24, 2.45) is 5.92 Å². The summed E-state index contributed by atoms with van der Waals surface area (Å²) >= 11 is 1.80. The van der Waals surface area contributed by atoms with Crippen LogP contribution in [0.3, 0.4) is 0 Å². The molecular weight excluding hydrogens is 484 g/mol. The Morgan fingerprint density at radius 3 is 2.58 bits per heavy atom. The number of alkyl halides is 2. The first kappa shape index (κ1) is 26.6. The number of halogens is 2. The zero-order chi connectivity index (χ0) is 25.9. The van der Waals surface area contributed by atoms with Crippen LogP contribution in [0.1, 0.15) is 51.2 Å². The van der Waals surface area contributed by atoms with Gasteiger partial charge in [0.05, 0.1) is 17.2 Å². The van der Waals surface area contributed by atoms with Gasteiger partial charge in [-0.1, -0.05) is 31.0 Å². The van der Waals surface area contributed by atoms with Gasteiger partial charge in [0.15, 0.2) is 0 Å². The van der Waals surface area contributed by atoms with Gasteiger partial charge in [-0.2, -0.15) is 9.97 Å². The summed E-state index contributed by atoms with van der Waals surface area (Å²) < 4.78 is 28.8. The molecule has 4 rings (SSSR count). The molecule has 0 amide bonds. The molecule has 0 atom stereocenters. The van der Waals surface area contributed by atoms with Gasteiger partial charge in [0.25, 0.3) is 6.43 Å². The van der Waals surface area contributed by atoms with Crippen molar-refractivity contribution in [3.8, 4) is 0 Å². The number of hydrogen-bond donors (Lipinski definition) is 4. The molecule has 2 aromatic rings. The fraction of sp³-hybridized carbons (Fsp3) is 0.560.